The Hall–Kier alpha value is -1.62. The zero-order chi connectivity index (χ0) is 11.0. The van der Waals surface area contributed by atoms with Crippen LogP contribution in [0.2, 0.25) is 0 Å². The van der Waals surface area contributed by atoms with Crippen molar-refractivity contribution in [1.82, 2.24) is 24.6 Å². The first-order valence-electron chi connectivity index (χ1n) is 5.67. The van der Waals surface area contributed by atoms with Gasteiger partial charge in [0.15, 0.2) is 0 Å². The molecule has 0 saturated heterocycles. The Bertz CT molecular complexity index is 496. The third-order valence-electron chi connectivity index (χ3n) is 3.01. The normalized spacial score (nSPS) is 15.1. The molecule has 0 spiro atoms. The first-order valence-corrected chi connectivity index (χ1v) is 5.67. The summed E-state index contributed by atoms with van der Waals surface area (Å²) in [6.07, 6.45) is 3.80. The van der Waals surface area contributed by atoms with E-state index in [4.69, 9.17) is 0 Å². The number of hydrogen-bond acceptors (Lipinski definition) is 3. The summed E-state index contributed by atoms with van der Waals surface area (Å²) in [5, 5.41) is 7.62. The molecule has 2 aromatic rings. The lowest BCUT2D eigenvalue weighted by Gasteiger charge is -2.17. The van der Waals surface area contributed by atoms with Gasteiger partial charge in [-0.3, -0.25) is 4.68 Å². The molecule has 0 bridgehead atoms. The van der Waals surface area contributed by atoms with E-state index in [1.165, 1.54) is 5.69 Å². The Morgan fingerprint density at radius 1 is 1.44 bits per heavy atom. The number of imidazole rings is 1. The van der Waals surface area contributed by atoms with Crippen LogP contribution in [0.15, 0.2) is 18.5 Å². The van der Waals surface area contributed by atoms with Crippen molar-refractivity contribution in [3.8, 4) is 11.4 Å². The van der Waals surface area contributed by atoms with E-state index in [1.807, 2.05) is 17.1 Å². The molecule has 1 aliphatic heterocycles. The lowest BCUT2D eigenvalue weighted by Crippen LogP contribution is -2.28. The minimum Gasteiger partial charge on any atom is -0.324 e. The van der Waals surface area contributed by atoms with Gasteiger partial charge in [0.05, 0.1) is 24.1 Å². The molecular formula is C11H15N5. The third-order valence-corrected chi connectivity index (χ3v) is 3.01. The molecule has 0 aromatic carbocycles. The van der Waals surface area contributed by atoms with Crippen LogP contribution < -0.4 is 5.32 Å². The smallest absolute Gasteiger partial charge is 0.123 e. The molecule has 5 heteroatoms. The van der Waals surface area contributed by atoms with Crippen molar-refractivity contribution in [3.63, 3.8) is 0 Å². The predicted octanol–water partition coefficient (Wildman–Crippen LogP) is 0.870. The number of fused-ring (bicyclic) bond motifs is 1. The lowest BCUT2D eigenvalue weighted by molar-refractivity contribution is 0.506. The highest BCUT2D eigenvalue weighted by atomic mass is 15.3. The van der Waals surface area contributed by atoms with Gasteiger partial charge in [-0.15, -0.1) is 0 Å². The highest BCUT2D eigenvalue weighted by molar-refractivity contribution is 5.54. The first kappa shape index (κ1) is 9.59. The molecule has 1 N–H and O–H groups in total. The van der Waals surface area contributed by atoms with Crippen LogP contribution in [0.1, 0.15) is 12.7 Å². The number of aromatic nitrogens is 4. The molecule has 0 radical (unpaired) electrons. The molecule has 3 rings (SSSR count). The van der Waals surface area contributed by atoms with E-state index in [2.05, 4.69) is 33.0 Å². The molecule has 1 aliphatic rings. The van der Waals surface area contributed by atoms with E-state index in [0.717, 1.165) is 37.7 Å². The summed E-state index contributed by atoms with van der Waals surface area (Å²) in [6.45, 7) is 5.85. The summed E-state index contributed by atoms with van der Waals surface area (Å²) in [6, 6.07) is 2.05. The van der Waals surface area contributed by atoms with E-state index < -0.39 is 0 Å². The molecule has 3 heterocycles. The summed E-state index contributed by atoms with van der Waals surface area (Å²) >= 11 is 0. The van der Waals surface area contributed by atoms with E-state index in [1.54, 1.807) is 0 Å². The monoisotopic (exact) mass is 217 g/mol. The molecule has 84 valence electrons. The van der Waals surface area contributed by atoms with Crippen LogP contribution in [0.3, 0.4) is 0 Å². The van der Waals surface area contributed by atoms with Gasteiger partial charge in [0, 0.05) is 25.8 Å². The van der Waals surface area contributed by atoms with Crippen molar-refractivity contribution in [1.29, 1.82) is 0 Å². The molecular weight excluding hydrogens is 202 g/mol. The van der Waals surface area contributed by atoms with E-state index in [0.29, 0.717) is 0 Å². The largest absolute Gasteiger partial charge is 0.324 e. The van der Waals surface area contributed by atoms with E-state index in [-0.39, 0.29) is 0 Å². The van der Waals surface area contributed by atoms with Crippen LogP contribution in [-0.2, 0) is 19.6 Å². The summed E-state index contributed by atoms with van der Waals surface area (Å²) < 4.78 is 4.28. The van der Waals surface area contributed by atoms with Gasteiger partial charge in [-0.2, -0.15) is 5.10 Å². The molecule has 0 unspecified atom stereocenters. The van der Waals surface area contributed by atoms with Crippen LogP contribution in [-0.4, -0.2) is 25.9 Å². The maximum absolute atomic E-state index is 4.45. The van der Waals surface area contributed by atoms with Gasteiger partial charge >= 0.3 is 0 Å². The minimum absolute atomic E-state index is 0.861. The van der Waals surface area contributed by atoms with Crippen molar-refractivity contribution in [3.05, 3.63) is 24.3 Å². The van der Waals surface area contributed by atoms with E-state index >= 15 is 0 Å². The molecule has 0 saturated carbocycles. The van der Waals surface area contributed by atoms with Crippen LogP contribution in [0.25, 0.3) is 11.4 Å². The molecule has 0 aliphatic carbocycles. The second-order valence-electron chi connectivity index (χ2n) is 3.92. The highest BCUT2D eigenvalue weighted by Gasteiger charge is 2.16. The fraction of sp³-hybridized carbons (Fsp3) is 0.455. The number of rotatable bonds is 2. The maximum Gasteiger partial charge on any atom is 0.123 e. The number of hydrogen-bond donors (Lipinski definition) is 1. The van der Waals surface area contributed by atoms with Crippen LogP contribution in [0.5, 0.6) is 0 Å². The maximum atomic E-state index is 4.45. The van der Waals surface area contributed by atoms with Crippen molar-refractivity contribution in [2.75, 3.05) is 6.54 Å². The van der Waals surface area contributed by atoms with Gasteiger partial charge in [0.2, 0.25) is 0 Å². The van der Waals surface area contributed by atoms with Crippen LogP contribution >= 0.6 is 0 Å². The Balaban J connectivity index is 2.09. The number of nitrogens with zero attached hydrogens (tertiary/aromatic N) is 4. The van der Waals surface area contributed by atoms with Crippen LogP contribution in [0.4, 0.5) is 0 Å². The highest BCUT2D eigenvalue weighted by Crippen LogP contribution is 2.21. The molecule has 5 nitrogen and oxygen atoms in total. The quantitative estimate of drug-likeness (QED) is 0.812. The summed E-state index contributed by atoms with van der Waals surface area (Å²) in [5.41, 5.74) is 2.33. The van der Waals surface area contributed by atoms with Gasteiger partial charge in [0.25, 0.3) is 0 Å². The SMILES string of the molecule is CCn1nccc1-c1cnc2n1CCNC2. The summed E-state index contributed by atoms with van der Waals surface area (Å²) in [7, 11) is 0. The van der Waals surface area contributed by atoms with Crippen molar-refractivity contribution in [2.45, 2.75) is 26.6 Å². The lowest BCUT2D eigenvalue weighted by atomic mass is 10.3. The van der Waals surface area contributed by atoms with Gasteiger partial charge in [-0.25, -0.2) is 4.98 Å². The van der Waals surface area contributed by atoms with Gasteiger partial charge in [0.1, 0.15) is 5.82 Å². The van der Waals surface area contributed by atoms with Gasteiger partial charge in [-0.1, -0.05) is 0 Å². The molecule has 16 heavy (non-hydrogen) atoms. The van der Waals surface area contributed by atoms with Gasteiger partial charge < -0.3 is 9.88 Å². The Morgan fingerprint density at radius 2 is 2.38 bits per heavy atom. The standard InChI is InChI=1S/C11H15N5/c1-2-16-9(3-4-14-16)10-7-13-11-8-12-5-6-15(10)11/h3-4,7,12H,2,5-6,8H2,1H3. The van der Waals surface area contributed by atoms with Crippen molar-refractivity contribution >= 4 is 0 Å². The van der Waals surface area contributed by atoms with Gasteiger partial charge in [-0.05, 0) is 13.0 Å². The molecule has 0 fully saturated rings. The zero-order valence-electron chi connectivity index (χ0n) is 9.35. The Labute approximate surface area is 94.1 Å². The Kier molecular flexibility index (Phi) is 2.25. The van der Waals surface area contributed by atoms with Crippen molar-refractivity contribution < 1.29 is 0 Å². The first-order chi connectivity index (χ1) is 7.90. The number of nitrogens with one attached hydrogen (secondary N) is 1. The molecule has 2 aromatic heterocycles. The molecule has 0 atom stereocenters. The number of aryl methyl sites for hydroxylation is 1. The van der Waals surface area contributed by atoms with Crippen molar-refractivity contribution in [2.24, 2.45) is 0 Å². The minimum atomic E-state index is 0.861. The second-order valence-corrected chi connectivity index (χ2v) is 3.92. The average molecular weight is 217 g/mol. The summed E-state index contributed by atoms with van der Waals surface area (Å²) in [5.74, 6) is 1.12. The van der Waals surface area contributed by atoms with Crippen LogP contribution in [0, 0.1) is 0 Å². The topological polar surface area (TPSA) is 47.7 Å². The van der Waals surface area contributed by atoms with E-state index in [9.17, 15) is 0 Å². The second kappa shape index (κ2) is 3.75. The summed E-state index contributed by atoms with van der Waals surface area (Å²) in [4.78, 5) is 4.45. The fourth-order valence-corrected chi connectivity index (χ4v) is 2.20. The predicted molar refractivity (Wildman–Crippen MR) is 60.8 cm³/mol. The average Bonchev–Trinajstić information content (AvgIpc) is 2.94. The fourth-order valence-electron chi connectivity index (χ4n) is 2.20. The third kappa shape index (κ3) is 1.36. The zero-order valence-corrected chi connectivity index (χ0v) is 9.35. The molecule has 0 amide bonds. The Morgan fingerprint density at radius 3 is 3.25 bits per heavy atom.